The third-order valence-electron chi connectivity index (χ3n) is 3.51. The van der Waals surface area contributed by atoms with Crippen LogP contribution in [0.5, 0.6) is 0 Å². The quantitative estimate of drug-likeness (QED) is 0.682. The Labute approximate surface area is 128 Å². The highest BCUT2D eigenvalue weighted by Crippen LogP contribution is 2.32. The SMILES string of the molecule is CC(c1ccccc1F)N(C)c1cc(Cl)ccc1CCl. The van der Waals surface area contributed by atoms with Gasteiger partial charge in [0, 0.05) is 29.2 Å². The Hall–Kier alpha value is -1.25. The molecule has 106 valence electrons. The number of halogens is 3. The van der Waals surface area contributed by atoms with Gasteiger partial charge in [-0.25, -0.2) is 4.39 Å². The number of alkyl halides is 1. The summed E-state index contributed by atoms with van der Waals surface area (Å²) in [6.45, 7) is 1.96. The predicted octanol–water partition coefficient (Wildman–Crippen LogP) is 5.42. The van der Waals surface area contributed by atoms with E-state index in [2.05, 4.69) is 0 Å². The maximum absolute atomic E-state index is 13.9. The summed E-state index contributed by atoms with van der Waals surface area (Å²) in [5.41, 5.74) is 2.54. The zero-order valence-electron chi connectivity index (χ0n) is 11.4. The maximum Gasteiger partial charge on any atom is 0.128 e. The van der Waals surface area contributed by atoms with Crippen LogP contribution in [0.4, 0.5) is 10.1 Å². The molecule has 2 aromatic carbocycles. The fourth-order valence-corrected chi connectivity index (χ4v) is 2.60. The molecule has 1 nitrogen and oxygen atoms in total. The van der Waals surface area contributed by atoms with Gasteiger partial charge in [-0.2, -0.15) is 0 Å². The van der Waals surface area contributed by atoms with Crippen LogP contribution in [0, 0.1) is 5.82 Å². The van der Waals surface area contributed by atoms with E-state index in [1.54, 1.807) is 12.1 Å². The Morgan fingerprint density at radius 3 is 2.55 bits per heavy atom. The first kappa shape index (κ1) is 15.1. The molecule has 0 aliphatic heterocycles. The Morgan fingerprint density at radius 2 is 1.90 bits per heavy atom. The summed E-state index contributed by atoms with van der Waals surface area (Å²) >= 11 is 12.0. The van der Waals surface area contributed by atoms with Crippen LogP contribution in [0.15, 0.2) is 42.5 Å². The molecule has 0 spiro atoms. The normalized spacial score (nSPS) is 12.2. The first-order valence-electron chi connectivity index (χ1n) is 6.36. The van der Waals surface area contributed by atoms with E-state index in [-0.39, 0.29) is 11.9 Å². The minimum Gasteiger partial charge on any atom is -0.367 e. The minimum absolute atomic E-state index is 0.114. The van der Waals surface area contributed by atoms with Crippen molar-refractivity contribution in [2.45, 2.75) is 18.8 Å². The van der Waals surface area contributed by atoms with Crippen LogP contribution in [0.25, 0.3) is 0 Å². The lowest BCUT2D eigenvalue weighted by atomic mass is 10.0. The third kappa shape index (κ3) is 3.08. The van der Waals surface area contributed by atoms with Crippen molar-refractivity contribution in [3.05, 3.63) is 64.4 Å². The van der Waals surface area contributed by atoms with Gasteiger partial charge >= 0.3 is 0 Å². The maximum atomic E-state index is 13.9. The van der Waals surface area contributed by atoms with Crippen molar-refractivity contribution in [2.75, 3.05) is 11.9 Å². The molecule has 2 aromatic rings. The summed E-state index contributed by atoms with van der Waals surface area (Å²) in [4.78, 5) is 1.99. The summed E-state index contributed by atoms with van der Waals surface area (Å²) in [5, 5.41) is 0.640. The molecule has 0 amide bonds. The molecule has 1 atom stereocenters. The molecule has 0 heterocycles. The van der Waals surface area contributed by atoms with Gasteiger partial charge in [-0.15, -0.1) is 11.6 Å². The summed E-state index contributed by atoms with van der Waals surface area (Å²) in [6, 6.07) is 12.2. The lowest BCUT2D eigenvalue weighted by Gasteiger charge is -2.29. The van der Waals surface area contributed by atoms with Crippen LogP contribution in [0.1, 0.15) is 24.1 Å². The highest BCUT2D eigenvalue weighted by atomic mass is 35.5. The number of benzene rings is 2. The van der Waals surface area contributed by atoms with E-state index in [9.17, 15) is 4.39 Å². The molecule has 0 aliphatic rings. The molecular weight excluding hydrogens is 296 g/mol. The highest BCUT2D eigenvalue weighted by Gasteiger charge is 2.18. The van der Waals surface area contributed by atoms with Gasteiger partial charge in [-0.3, -0.25) is 0 Å². The van der Waals surface area contributed by atoms with Crippen LogP contribution < -0.4 is 4.90 Å². The summed E-state index contributed by atoms with van der Waals surface area (Å²) in [5.74, 6) is 0.183. The number of hydrogen-bond acceptors (Lipinski definition) is 1. The average Bonchev–Trinajstić information content (AvgIpc) is 2.46. The van der Waals surface area contributed by atoms with Gasteiger partial charge in [-0.1, -0.05) is 35.9 Å². The molecule has 2 rings (SSSR count). The van der Waals surface area contributed by atoms with Crippen LogP contribution in [-0.4, -0.2) is 7.05 Å². The number of rotatable bonds is 4. The van der Waals surface area contributed by atoms with E-state index in [1.165, 1.54) is 6.07 Å². The molecule has 0 bridgehead atoms. The second-order valence-corrected chi connectivity index (χ2v) is 5.42. The van der Waals surface area contributed by atoms with Gasteiger partial charge in [0.15, 0.2) is 0 Å². The summed E-state index contributed by atoms with van der Waals surface area (Å²) < 4.78 is 13.9. The van der Waals surface area contributed by atoms with Gasteiger partial charge in [0.2, 0.25) is 0 Å². The standard InChI is InChI=1S/C16H16Cl2FN/c1-11(14-5-3-4-6-15(14)19)20(2)16-9-13(18)8-7-12(16)10-17/h3-9,11H,10H2,1-2H3. The first-order chi connectivity index (χ1) is 9.54. The molecule has 20 heavy (non-hydrogen) atoms. The molecule has 0 fully saturated rings. The zero-order valence-corrected chi connectivity index (χ0v) is 12.9. The van der Waals surface area contributed by atoms with E-state index in [1.807, 2.05) is 43.1 Å². The van der Waals surface area contributed by atoms with Crippen molar-refractivity contribution in [1.82, 2.24) is 0 Å². The minimum atomic E-state index is -0.207. The molecule has 1 unspecified atom stereocenters. The van der Waals surface area contributed by atoms with Crippen molar-refractivity contribution in [3.63, 3.8) is 0 Å². The van der Waals surface area contributed by atoms with Gasteiger partial charge in [0.05, 0.1) is 6.04 Å². The number of nitrogens with zero attached hydrogens (tertiary/aromatic N) is 1. The first-order valence-corrected chi connectivity index (χ1v) is 7.27. The lowest BCUT2D eigenvalue weighted by molar-refractivity contribution is 0.585. The van der Waals surface area contributed by atoms with Crippen molar-refractivity contribution < 1.29 is 4.39 Å². The molecule has 0 radical (unpaired) electrons. The van der Waals surface area contributed by atoms with E-state index in [4.69, 9.17) is 23.2 Å². The van der Waals surface area contributed by atoms with Crippen LogP contribution >= 0.6 is 23.2 Å². The van der Waals surface area contributed by atoms with E-state index >= 15 is 0 Å². The monoisotopic (exact) mass is 311 g/mol. The van der Waals surface area contributed by atoms with Gasteiger partial charge in [-0.05, 0) is 30.7 Å². The summed E-state index contributed by atoms with van der Waals surface area (Å²) in [6.07, 6.45) is 0. The van der Waals surface area contributed by atoms with Crippen LogP contribution in [-0.2, 0) is 5.88 Å². The van der Waals surface area contributed by atoms with Crippen LogP contribution in [0.3, 0.4) is 0 Å². The molecule has 0 N–H and O–H groups in total. The molecule has 4 heteroatoms. The zero-order chi connectivity index (χ0) is 14.7. The summed E-state index contributed by atoms with van der Waals surface area (Å²) in [7, 11) is 1.92. The second kappa shape index (κ2) is 6.47. The van der Waals surface area contributed by atoms with Gasteiger partial charge in [0.1, 0.15) is 5.82 Å². The van der Waals surface area contributed by atoms with Gasteiger partial charge in [0.25, 0.3) is 0 Å². The van der Waals surface area contributed by atoms with Crippen molar-refractivity contribution >= 4 is 28.9 Å². The van der Waals surface area contributed by atoms with Crippen LogP contribution in [0.2, 0.25) is 5.02 Å². The predicted molar refractivity (Wildman–Crippen MR) is 84.2 cm³/mol. The van der Waals surface area contributed by atoms with Crippen molar-refractivity contribution in [2.24, 2.45) is 0 Å². The number of hydrogen-bond donors (Lipinski definition) is 0. The van der Waals surface area contributed by atoms with E-state index < -0.39 is 0 Å². The fraction of sp³-hybridized carbons (Fsp3) is 0.250. The molecule has 0 saturated carbocycles. The number of anilines is 1. The highest BCUT2D eigenvalue weighted by molar-refractivity contribution is 6.31. The molecular formula is C16H16Cl2FN. The molecule has 0 saturated heterocycles. The third-order valence-corrected chi connectivity index (χ3v) is 4.03. The Bertz CT molecular complexity index is 601. The average molecular weight is 312 g/mol. The Balaban J connectivity index is 2.38. The largest absolute Gasteiger partial charge is 0.367 e. The topological polar surface area (TPSA) is 3.24 Å². The Kier molecular flexibility index (Phi) is 4.90. The molecule has 0 aliphatic carbocycles. The molecule has 0 aromatic heterocycles. The smallest absolute Gasteiger partial charge is 0.128 e. The van der Waals surface area contributed by atoms with E-state index in [0.717, 1.165) is 11.3 Å². The van der Waals surface area contributed by atoms with Gasteiger partial charge < -0.3 is 4.90 Å². The fourth-order valence-electron chi connectivity index (χ4n) is 2.21. The lowest BCUT2D eigenvalue weighted by Crippen LogP contribution is -2.23. The van der Waals surface area contributed by atoms with E-state index in [0.29, 0.717) is 16.5 Å². The second-order valence-electron chi connectivity index (χ2n) is 4.72. The van der Waals surface area contributed by atoms with Crippen molar-refractivity contribution in [3.8, 4) is 0 Å². The Morgan fingerprint density at radius 1 is 1.20 bits per heavy atom. The van der Waals surface area contributed by atoms with Crippen molar-refractivity contribution in [1.29, 1.82) is 0 Å².